The van der Waals surface area contributed by atoms with E-state index in [2.05, 4.69) is 13.2 Å². The van der Waals surface area contributed by atoms with Crippen LogP contribution in [-0.4, -0.2) is 126 Å². The van der Waals surface area contributed by atoms with E-state index >= 15 is 0 Å². The summed E-state index contributed by atoms with van der Waals surface area (Å²) in [5.41, 5.74) is 5.00. The maximum atomic E-state index is 13.0. The molecule has 0 unspecified atom stereocenters. The second-order valence-corrected chi connectivity index (χ2v) is 28.6. The second kappa shape index (κ2) is 55.8. The normalized spacial score (nSPS) is 10.7. The van der Waals surface area contributed by atoms with Crippen molar-refractivity contribution in [1.29, 1.82) is 0 Å². The third-order valence-electron chi connectivity index (χ3n) is 19.0. The molecule has 0 bridgehead atoms. The molecule has 24 heteroatoms. The standard InChI is InChI=1S/C98H110O24/c1-3-89(99)113-67-21-9-5-17-63-109-81-45-37-77(38-46-81)95(105)119-85-53-29-73(30-54-85)75-33-57-87(58-34-75)121-97(107)79-41-49-83(50-42-79)111-65-19-7-11-23-69-115-91(101)27-15-13-25-71-117-93(103)61-62-94(104)118-72-26-14-16-28-92(102)116-70-24-12-8-20-66-112-84-51-43-80(44-52-84)98(108)122-88-59-35-76(36-60-88)74-31-55-86(56-32-74)120-96(106)78-39-47-82(48-40-78)110-64-18-6-10-22-68-114-90(100)4-2/h3-4,29-60H,1-2,5-28,61-72H2. The Bertz CT molecular complexity index is 4230. The van der Waals surface area contributed by atoms with Gasteiger partial charge in [0.05, 0.1) is 101 Å². The van der Waals surface area contributed by atoms with Crippen LogP contribution in [0.15, 0.2) is 219 Å². The predicted molar refractivity (Wildman–Crippen MR) is 458 cm³/mol. The first kappa shape index (κ1) is 94.6. The molecule has 0 saturated heterocycles. The van der Waals surface area contributed by atoms with Crippen LogP contribution in [0.3, 0.4) is 0 Å². The van der Waals surface area contributed by atoms with E-state index in [0.717, 1.165) is 137 Å². The summed E-state index contributed by atoms with van der Waals surface area (Å²) in [6, 6.07) is 55.4. The summed E-state index contributed by atoms with van der Waals surface area (Å²) in [4.78, 5) is 123. The van der Waals surface area contributed by atoms with Crippen molar-refractivity contribution < 1.29 is 114 Å². The average molecular weight is 1670 g/mol. The van der Waals surface area contributed by atoms with Crippen LogP contribution >= 0.6 is 0 Å². The zero-order valence-corrected chi connectivity index (χ0v) is 69.3. The summed E-state index contributed by atoms with van der Waals surface area (Å²) < 4.78 is 77.0. The van der Waals surface area contributed by atoms with Crippen molar-refractivity contribution in [2.45, 2.75) is 167 Å². The van der Waals surface area contributed by atoms with Crippen molar-refractivity contribution in [3.8, 4) is 68.2 Å². The van der Waals surface area contributed by atoms with Crippen molar-refractivity contribution >= 4 is 59.7 Å². The van der Waals surface area contributed by atoms with Crippen LogP contribution in [0.2, 0.25) is 0 Å². The van der Waals surface area contributed by atoms with Crippen molar-refractivity contribution in [2.24, 2.45) is 0 Å². The SMILES string of the molecule is C=CC(=O)OCCCCCCOc1ccc(C(=O)Oc2ccc(-c3ccc(OC(=O)c4ccc(OCCCCCCOC(=O)CCCCCOC(=O)CCC(=O)OCCCCCC(=O)OCCCCCCOc5ccc(C(=O)Oc6ccc(-c7ccc(OC(=O)c8ccc(OCCCCCCOC(=O)C=C)cc8)cc7)cc6)cc5)cc4)cc3)cc2)cc1. The van der Waals surface area contributed by atoms with E-state index in [-0.39, 0.29) is 50.8 Å². The molecular formula is C98H110O24. The summed E-state index contributed by atoms with van der Waals surface area (Å²) in [7, 11) is 0. The Morgan fingerprint density at radius 1 is 0.197 bits per heavy atom. The Kier molecular flexibility index (Phi) is 43.3. The Balaban J connectivity index is 0.538. The van der Waals surface area contributed by atoms with E-state index in [4.69, 9.17) is 66.3 Å². The van der Waals surface area contributed by atoms with E-state index in [1.807, 2.05) is 48.5 Å². The zero-order valence-electron chi connectivity index (χ0n) is 69.3. The van der Waals surface area contributed by atoms with Crippen LogP contribution in [0.4, 0.5) is 0 Å². The van der Waals surface area contributed by atoms with Gasteiger partial charge in [0, 0.05) is 25.0 Å². The molecule has 646 valence electrons. The Morgan fingerprint density at radius 3 is 0.590 bits per heavy atom. The summed E-state index contributed by atoms with van der Waals surface area (Å²) >= 11 is 0. The number of benzene rings is 8. The van der Waals surface area contributed by atoms with Gasteiger partial charge in [-0.3, -0.25) is 19.2 Å². The van der Waals surface area contributed by atoms with Crippen LogP contribution in [0.5, 0.6) is 46.0 Å². The fourth-order valence-electron chi connectivity index (χ4n) is 12.1. The van der Waals surface area contributed by atoms with Crippen LogP contribution in [-0.2, 0) is 57.2 Å². The topological polar surface area (TPSA) is 300 Å². The molecule has 0 N–H and O–H groups in total. The Morgan fingerprint density at radius 2 is 0.377 bits per heavy atom. The fraction of sp³-hybridized carbons (Fsp3) is 0.367. The van der Waals surface area contributed by atoms with Gasteiger partial charge in [0.1, 0.15) is 46.0 Å². The van der Waals surface area contributed by atoms with Crippen LogP contribution < -0.4 is 37.9 Å². The third-order valence-corrected chi connectivity index (χ3v) is 19.0. The van der Waals surface area contributed by atoms with Crippen LogP contribution in [0.1, 0.15) is 208 Å². The lowest BCUT2D eigenvalue weighted by Crippen LogP contribution is -2.11. The average Bonchev–Trinajstić information content (AvgIpc) is 0.844. The largest absolute Gasteiger partial charge is 0.494 e. The lowest BCUT2D eigenvalue weighted by atomic mass is 10.1. The molecule has 24 nitrogen and oxygen atoms in total. The number of ether oxygens (including phenoxy) is 14. The fourth-order valence-corrected chi connectivity index (χ4v) is 12.1. The molecule has 0 radical (unpaired) electrons. The zero-order chi connectivity index (χ0) is 86.4. The molecule has 8 aromatic carbocycles. The van der Waals surface area contributed by atoms with Gasteiger partial charge in [0.15, 0.2) is 0 Å². The molecule has 0 fully saturated rings. The van der Waals surface area contributed by atoms with Gasteiger partial charge in [-0.15, -0.1) is 0 Å². The first-order valence-corrected chi connectivity index (χ1v) is 42.0. The van der Waals surface area contributed by atoms with Gasteiger partial charge in [-0.25, -0.2) is 28.8 Å². The molecule has 122 heavy (non-hydrogen) atoms. The van der Waals surface area contributed by atoms with E-state index in [1.54, 1.807) is 146 Å². The van der Waals surface area contributed by atoms with Gasteiger partial charge in [0.2, 0.25) is 0 Å². The smallest absolute Gasteiger partial charge is 0.343 e. The number of unbranched alkanes of at least 4 members (excludes halogenated alkanes) is 16. The first-order valence-electron chi connectivity index (χ1n) is 42.0. The van der Waals surface area contributed by atoms with Gasteiger partial charge in [-0.2, -0.15) is 0 Å². The minimum Gasteiger partial charge on any atom is -0.494 e. The number of carbonyl (C=O) groups is 10. The van der Waals surface area contributed by atoms with Gasteiger partial charge in [-0.1, -0.05) is 61.7 Å². The predicted octanol–water partition coefficient (Wildman–Crippen LogP) is 19.9. The lowest BCUT2D eigenvalue weighted by Gasteiger charge is -2.09. The highest BCUT2D eigenvalue weighted by Crippen LogP contribution is 2.30. The quantitative estimate of drug-likeness (QED) is 0.0112. The van der Waals surface area contributed by atoms with E-state index in [0.29, 0.717) is 160 Å². The van der Waals surface area contributed by atoms with Crippen molar-refractivity contribution in [2.75, 3.05) is 66.1 Å². The number of esters is 10. The molecule has 0 heterocycles. The maximum absolute atomic E-state index is 13.0. The van der Waals surface area contributed by atoms with Gasteiger partial charge >= 0.3 is 59.7 Å². The van der Waals surface area contributed by atoms with Gasteiger partial charge < -0.3 is 66.3 Å². The summed E-state index contributed by atoms with van der Waals surface area (Å²) in [5, 5.41) is 0. The summed E-state index contributed by atoms with van der Waals surface area (Å²) in [5.74, 6) is -0.306. The molecule has 0 amide bonds. The number of hydrogen-bond donors (Lipinski definition) is 0. The molecule has 0 aliphatic carbocycles. The highest BCUT2D eigenvalue weighted by molar-refractivity contribution is 5.93. The maximum Gasteiger partial charge on any atom is 0.343 e. The monoisotopic (exact) mass is 1670 g/mol. The third kappa shape index (κ3) is 38.0. The molecule has 0 aliphatic heterocycles. The van der Waals surface area contributed by atoms with Crippen molar-refractivity contribution in [3.05, 3.63) is 242 Å². The second-order valence-electron chi connectivity index (χ2n) is 28.6. The molecule has 0 atom stereocenters. The van der Waals surface area contributed by atoms with Crippen molar-refractivity contribution in [3.63, 3.8) is 0 Å². The number of hydrogen-bond acceptors (Lipinski definition) is 24. The molecule has 8 rings (SSSR count). The molecule has 0 saturated carbocycles. The molecule has 0 spiro atoms. The van der Waals surface area contributed by atoms with Gasteiger partial charge in [0.25, 0.3) is 0 Å². The number of carbonyl (C=O) groups excluding carboxylic acids is 10. The van der Waals surface area contributed by atoms with Gasteiger partial charge in [-0.05, 0) is 309 Å². The Labute approximate surface area is 713 Å². The van der Waals surface area contributed by atoms with E-state index < -0.39 is 47.8 Å². The molecule has 0 aromatic heterocycles. The van der Waals surface area contributed by atoms with Crippen LogP contribution in [0.25, 0.3) is 22.3 Å². The van der Waals surface area contributed by atoms with Crippen molar-refractivity contribution in [1.82, 2.24) is 0 Å². The minimum atomic E-state index is -0.511. The highest BCUT2D eigenvalue weighted by atomic mass is 16.6. The minimum absolute atomic E-state index is 0.0961. The van der Waals surface area contributed by atoms with E-state index in [9.17, 15) is 47.9 Å². The number of rotatable bonds is 59. The first-order chi connectivity index (χ1) is 59.5. The highest BCUT2D eigenvalue weighted by Gasteiger charge is 2.17. The Hall–Kier alpha value is -12.9. The molecule has 8 aromatic rings. The molecule has 0 aliphatic rings. The van der Waals surface area contributed by atoms with Crippen LogP contribution in [0, 0.1) is 0 Å². The lowest BCUT2D eigenvalue weighted by molar-refractivity contribution is -0.150. The summed E-state index contributed by atoms with van der Waals surface area (Å²) in [6.45, 7) is 10.6. The summed E-state index contributed by atoms with van der Waals surface area (Å²) in [6.07, 6.45) is 19.8. The molecular weight excluding hydrogens is 1560 g/mol. The van der Waals surface area contributed by atoms with E-state index in [1.165, 1.54) is 0 Å².